The zero-order valence-corrected chi connectivity index (χ0v) is 12.5. The van der Waals surface area contributed by atoms with Gasteiger partial charge in [0.05, 0.1) is 5.69 Å². The van der Waals surface area contributed by atoms with Gasteiger partial charge < -0.3 is 10.1 Å². The highest BCUT2D eigenvalue weighted by Crippen LogP contribution is 2.17. The number of nitrogens with zero attached hydrogens (tertiary/aromatic N) is 1. The van der Waals surface area contributed by atoms with E-state index in [1.165, 1.54) is 0 Å². The van der Waals surface area contributed by atoms with Crippen LogP contribution in [0.1, 0.15) is 16.1 Å². The molecular weight excluding hydrogens is 288 g/mol. The Morgan fingerprint density at radius 2 is 1.65 bits per heavy atom. The Labute approximate surface area is 134 Å². The summed E-state index contributed by atoms with van der Waals surface area (Å²) >= 11 is 0. The number of amides is 1. The summed E-state index contributed by atoms with van der Waals surface area (Å²) in [6.45, 7) is 0.413. The quantitative estimate of drug-likeness (QED) is 0.777. The van der Waals surface area contributed by atoms with Gasteiger partial charge in [0.15, 0.2) is 0 Å². The molecule has 2 aromatic carbocycles. The molecule has 4 nitrogen and oxygen atoms in total. The average Bonchev–Trinajstić information content (AvgIpc) is 2.63. The van der Waals surface area contributed by atoms with E-state index in [9.17, 15) is 4.79 Å². The van der Waals surface area contributed by atoms with Crippen molar-refractivity contribution in [2.24, 2.45) is 0 Å². The van der Waals surface area contributed by atoms with Crippen LogP contribution in [0.3, 0.4) is 0 Å². The first-order valence-corrected chi connectivity index (χ1v) is 7.30. The number of hydrogen-bond donors (Lipinski definition) is 1. The van der Waals surface area contributed by atoms with Crippen LogP contribution in [0.15, 0.2) is 79.0 Å². The van der Waals surface area contributed by atoms with Crippen LogP contribution in [0.5, 0.6) is 5.75 Å². The van der Waals surface area contributed by atoms with Crippen LogP contribution in [0.2, 0.25) is 0 Å². The van der Waals surface area contributed by atoms with Crippen molar-refractivity contribution >= 4 is 11.6 Å². The summed E-state index contributed by atoms with van der Waals surface area (Å²) in [5, 5.41) is 2.85. The number of pyridine rings is 1. The first-order valence-electron chi connectivity index (χ1n) is 7.30. The first-order chi connectivity index (χ1) is 11.3. The predicted octanol–water partition coefficient (Wildman–Crippen LogP) is 3.91. The standard InChI is InChI=1S/C19H16N2O2/c22-19(15-6-2-1-3-7-15)21-16-9-11-18(12-10-16)23-14-17-8-4-5-13-20-17/h1-13H,14H2,(H,21,22). The van der Waals surface area contributed by atoms with Crippen molar-refractivity contribution in [2.45, 2.75) is 6.61 Å². The van der Waals surface area contributed by atoms with E-state index >= 15 is 0 Å². The van der Waals surface area contributed by atoms with E-state index in [4.69, 9.17) is 4.74 Å². The minimum atomic E-state index is -0.132. The molecule has 114 valence electrons. The van der Waals surface area contributed by atoms with Gasteiger partial charge in [0.25, 0.3) is 5.91 Å². The van der Waals surface area contributed by atoms with Crippen LogP contribution in [0.4, 0.5) is 5.69 Å². The summed E-state index contributed by atoms with van der Waals surface area (Å²) in [6, 6.07) is 22.1. The SMILES string of the molecule is O=C(Nc1ccc(OCc2ccccn2)cc1)c1ccccc1. The number of carbonyl (C=O) groups is 1. The Bertz CT molecular complexity index is 756. The molecule has 0 unspecified atom stereocenters. The molecule has 4 heteroatoms. The molecule has 0 bridgehead atoms. The lowest BCUT2D eigenvalue weighted by atomic mass is 10.2. The Morgan fingerprint density at radius 3 is 2.35 bits per heavy atom. The van der Waals surface area contributed by atoms with E-state index in [-0.39, 0.29) is 5.91 Å². The topological polar surface area (TPSA) is 51.2 Å². The number of carbonyl (C=O) groups excluding carboxylic acids is 1. The molecule has 0 aliphatic carbocycles. The second kappa shape index (κ2) is 7.22. The van der Waals surface area contributed by atoms with Gasteiger partial charge in [0, 0.05) is 17.4 Å². The molecule has 3 rings (SSSR count). The molecule has 0 saturated heterocycles. The van der Waals surface area contributed by atoms with Crippen molar-refractivity contribution in [3.8, 4) is 5.75 Å². The summed E-state index contributed by atoms with van der Waals surface area (Å²) in [7, 11) is 0. The third kappa shape index (κ3) is 4.17. The molecule has 1 aromatic heterocycles. The van der Waals surface area contributed by atoms with Crippen LogP contribution in [0, 0.1) is 0 Å². The molecular formula is C19H16N2O2. The van der Waals surface area contributed by atoms with Gasteiger partial charge in [-0.2, -0.15) is 0 Å². The number of rotatable bonds is 5. The monoisotopic (exact) mass is 304 g/mol. The summed E-state index contributed by atoms with van der Waals surface area (Å²) in [5.74, 6) is 0.598. The summed E-state index contributed by atoms with van der Waals surface area (Å²) in [4.78, 5) is 16.3. The minimum absolute atomic E-state index is 0.132. The maximum absolute atomic E-state index is 12.1. The summed E-state index contributed by atoms with van der Waals surface area (Å²) in [5.41, 5.74) is 2.22. The highest BCUT2D eigenvalue weighted by Gasteiger charge is 2.05. The van der Waals surface area contributed by atoms with Crippen molar-refractivity contribution in [1.29, 1.82) is 0 Å². The van der Waals surface area contributed by atoms with Crippen molar-refractivity contribution in [3.63, 3.8) is 0 Å². The van der Waals surface area contributed by atoms with Gasteiger partial charge in [0.2, 0.25) is 0 Å². The Balaban J connectivity index is 1.58. The van der Waals surface area contributed by atoms with E-state index in [2.05, 4.69) is 10.3 Å². The second-order valence-electron chi connectivity index (χ2n) is 4.95. The average molecular weight is 304 g/mol. The van der Waals surface area contributed by atoms with E-state index in [1.807, 2.05) is 60.7 Å². The smallest absolute Gasteiger partial charge is 0.255 e. The molecule has 0 aliphatic rings. The lowest BCUT2D eigenvalue weighted by Gasteiger charge is -2.08. The fraction of sp³-hybridized carbons (Fsp3) is 0.0526. The normalized spacial score (nSPS) is 10.1. The van der Waals surface area contributed by atoms with Gasteiger partial charge in [0.1, 0.15) is 12.4 Å². The third-order valence-corrected chi connectivity index (χ3v) is 3.26. The molecule has 3 aromatic rings. The van der Waals surface area contributed by atoms with E-state index in [1.54, 1.807) is 18.3 Å². The van der Waals surface area contributed by atoms with Crippen LogP contribution in [-0.2, 0) is 6.61 Å². The number of anilines is 1. The van der Waals surface area contributed by atoms with Crippen LogP contribution in [0.25, 0.3) is 0 Å². The molecule has 0 spiro atoms. The lowest BCUT2D eigenvalue weighted by molar-refractivity contribution is 0.102. The van der Waals surface area contributed by atoms with Gasteiger partial charge in [-0.1, -0.05) is 24.3 Å². The number of aromatic nitrogens is 1. The molecule has 1 amide bonds. The molecule has 1 N–H and O–H groups in total. The minimum Gasteiger partial charge on any atom is -0.487 e. The highest BCUT2D eigenvalue weighted by atomic mass is 16.5. The van der Waals surface area contributed by atoms with E-state index in [0.29, 0.717) is 12.2 Å². The van der Waals surface area contributed by atoms with Gasteiger partial charge in [-0.15, -0.1) is 0 Å². The maximum Gasteiger partial charge on any atom is 0.255 e. The van der Waals surface area contributed by atoms with Crippen LogP contribution in [-0.4, -0.2) is 10.9 Å². The molecule has 0 atom stereocenters. The van der Waals surface area contributed by atoms with Gasteiger partial charge >= 0.3 is 0 Å². The van der Waals surface area contributed by atoms with E-state index < -0.39 is 0 Å². The zero-order chi connectivity index (χ0) is 15.9. The highest BCUT2D eigenvalue weighted by molar-refractivity contribution is 6.04. The molecule has 23 heavy (non-hydrogen) atoms. The number of ether oxygens (including phenoxy) is 1. The summed E-state index contributed by atoms with van der Waals surface area (Å²) < 4.78 is 5.66. The number of hydrogen-bond acceptors (Lipinski definition) is 3. The molecule has 0 saturated carbocycles. The maximum atomic E-state index is 12.1. The Kier molecular flexibility index (Phi) is 4.64. The summed E-state index contributed by atoms with van der Waals surface area (Å²) in [6.07, 6.45) is 1.74. The zero-order valence-electron chi connectivity index (χ0n) is 12.5. The van der Waals surface area contributed by atoms with Gasteiger partial charge in [-0.3, -0.25) is 9.78 Å². The van der Waals surface area contributed by atoms with Crippen molar-refractivity contribution in [3.05, 3.63) is 90.3 Å². The molecule has 1 heterocycles. The largest absolute Gasteiger partial charge is 0.487 e. The van der Waals surface area contributed by atoms with Crippen LogP contribution >= 0.6 is 0 Å². The Hall–Kier alpha value is -3.14. The van der Waals surface area contributed by atoms with Gasteiger partial charge in [-0.25, -0.2) is 0 Å². The lowest BCUT2D eigenvalue weighted by Crippen LogP contribution is -2.11. The first kappa shape index (κ1) is 14.8. The molecule has 0 aliphatic heterocycles. The fourth-order valence-electron chi connectivity index (χ4n) is 2.07. The Morgan fingerprint density at radius 1 is 0.913 bits per heavy atom. The molecule has 0 radical (unpaired) electrons. The van der Waals surface area contributed by atoms with Crippen molar-refractivity contribution < 1.29 is 9.53 Å². The second-order valence-corrected chi connectivity index (χ2v) is 4.95. The van der Waals surface area contributed by atoms with Gasteiger partial charge in [-0.05, 0) is 48.5 Å². The predicted molar refractivity (Wildman–Crippen MR) is 89.4 cm³/mol. The number of nitrogens with one attached hydrogen (secondary N) is 1. The number of benzene rings is 2. The van der Waals surface area contributed by atoms with Crippen LogP contribution < -0.4 is 10.1 Å². The third-order valence-electron chi connectivity index (χ3n) is 3.26. The van der Waals surface area contributed by atoms with E-state index in [0.717, 1.165) is 17.1 Å². The fourth-order valence-corrected chi connectivity index (χ4v) is 2.07. The van der Waals surface area contributed by atoms with Crippen molar-refractivity contribution in [1.82, 2.24) is 4.98 Å². The van der Waals surface area contributed by atoms with Crippen molar-refractivity contribution in [2.75, 3.05) is 5.32 Å². The molecule has 0 fully saturated rings.